The fraction of sp³-hybridized carbons (Fsp3) is 0.389. The highest BCUT2D eigenvalue weighted by Gasteiger charge is 2.11. The molecule has 0 radical (unpaired) electrons. The van der Waals surface area contributed by atoms with Crippen LogP contribution in [-0.4, -0.2) is 26.2 Å². The molecule has 2 aromatic rings. The molecule has 0 bridgehead atoms. The van der Waals surface area contributed by atoms with Crippen molar-refractivity contribution in [2.75, 3.05) is 20.3 Å². The number of hydrogen-bond donors (Lipinski definition) is 2. The molecular formula is C18H24ClN3O3. The standard InChI is InChI=1S/C18H24ClN3O3/c1-4-20-18(22-12-14-7-6-8-25-14)21-11-13-9-15(19)17(24-5-2)16(10-13)23-3/h6-10H,4-5,11-12H2,1-3H3,(H2,20,21,22). The summed E-state index contributed by atoms with van der Waals surface area (Å²) in [6, 6.07) is 7.49. The van der Waals surface area contributed by atoms with Crippen molar-refractivity contribution in [3.8, 4) is 11.5 Å². The van der Waals surface area contributed by atoms with Crippen molar-refractivity contribution < 1.29 is 13.9 Å². The Morgan fingerprint density at radius 1 is 1.28 bits per heavy atom. The summed E-state index contributed by atoms with van der Waals surface area (Å²) in [5.74, 6) is 2.70. The smallest absolute Gasteiger partial charge is 0.191 e. The Labute approximate surface area is 153 Å². The van der Waals surface area contributed by atoms with Crippen molar-refractivity contribution in [3.63, 3.8) is 0 Å². The molecule has 0 aliphatic heterocycles. The molecule has 0 aliphatic carbocycles. The second-order valence-electron chi connectivity index (χ2n) is 5.17. The first kappa shape index (κ1) is 19.0. The van der Waals surface area contributed by atoms with Gasteiger partial charge in [0.25, 0.3) is 0 Å². The van der Waals surface area contributed by atoms with Gasteiger partial charge in [0.05, 0.1) is 38.1 Å². The minimum absolute atomic E-state index is 0.454. The Hall–Kier alpha value is -2.34. The first-order valence-corrected chi connectivity index (χ1v) is 8.59. The number of aliphatic imine (C=N–C) groups is 1. The lowest BCUT2D eigenvalue weighted by Gasteiger charge is -2.13. The molecular weight excluding hydrogens is 342 g/mol. The van der Waals surface area contributed by atoms with Crippen molar-refractivity contribution >= 4 is 17.6 Å². The van der Waals surface area contributed by atoms with Gasteiger partial charge in [-0.1, -0.05) is 11.6 Å². The van der Waals surface area contributed by atoms with E-state index in [9.17, 15) is 0 Å². The molecule has 6 nitrogen and oxygen atoms in total. The van der Waals surface area contributed by atoms with E-state index in [2.05, 4.69) is 15.6 Å². The molecule has 1 aromatic carbocycles. The zero-order valence-corrected chi connectivity index (χ0v) is 15.5. The Kier molecular flexibility index (Phi) is 7.47. The lowest BCUT2D eigenvalue weighted by Crippen LogP contribution is -2.36. The van der Waals surface area contributed by atoms with Gasteiger partial charge in [-0.25, -0.2) is 4.99 Å². The Bertz CT molecular complexity index is 687. The zero-order valence-electron chi connectivity index (χ0n) is 14.8. The minimum atomic E-state index is 0.454. The highest BCUT2D eigenvalue weighted by atomic mass is 35.5. The van der Waals surface area contributed by atoms with Gasteiger partial charge in [0.2, 0.25) is 0 Å². The molecule has 1 heterocycles. The van der Waals surface area contributed by atoms with Crippen molar-refractivity contribution in [2.45, 2.75) is 26.9 Å². The van der Waals surface area contributed by atoms with Crippen LogP contribution in [0.25, 0.3) is 0 Å². The second-order valence-corrected chi connectivity index (χ2v) is 5.58. The van der Waals surface area contributed by atoms with Crippen LogP contribution in [0, 0.1) is 0 Å². The van der Waals surface area contributed by atoms with Crippen LogP contribution >= 0.6 is 11.6 Å². The topological polar surface area (TPSA) is 68.0 Å². The molecule has 0 saturated carbocycles. The SMILES string of the molecule is CCNC(=NCc1cc(Cl)c(OCC)c(OC)c1)NCc1ccco1. The van der Waals surface area contributed by atoms with Crippen LogP contribution in [-0.2, 0) is 13.1 Å². The molecule has 2 N–H and O–H groups in total. The number of furan rings is 1. The summed E-state index contributed by atoms with van der Waals surface area (Å²) in [4.78, 5) is 4.57. The summed E-state index contributed by atoms with van der Waals surface area (Å²) in [5, 5.41) is 6.94. The van der Waals surface area contributed by atoms with Crippen molar-refractivity contribution in [1.29, 1.82) is 0 Å². The van der Waals surface area contributed by atoms with Crippen LogP contribution in [0.5, 0.6) is 11.5 Å². The highest BCUT2D eigenvalue weighted by Crippen LogP contribution is 2.36. The van der Waals surface area contributed by atoms with Gasteiger partial charge >= 0.3 is 0 Å². The fourth-order valence-electron chi connectivity index (χ4n) is 2.25. The third kappa shape index (κ3) is 5.60. The van der Waals surface area contributed by atoms with E-state index in [-0.39, 0.29) is 0 Å². The molecule has 0 aliphatic rings. The predicted octanol–water partition coefficient (Wildman–Crippen LogP) is 3.60. The van der Waals surface area contributed by atoms with Crippen molar-refractivity contribution in [1.82, 2.24) is 10.6 Å². The van der Waals surface area contributed by atoms with Crippen LogP contribution in [0.4, 0.5) is 0 Å². The average molecular weight is 366 g/mol. The summed E-state index contributed by atoms with van der Waals surface area (Å²) < 4.78 is 16.2. The number of rotatable bonds is 8. The van der Waals surface area contributed by atoms with Crippen molar-refractivity contribution in [3.05, 3.63) is 46.9 Å². The van der Waals surface area contributed by atoms with E-state index in [0.29, 0.717) is 42.2 Å². The molecule has 25 heavy (non-hydrogen) atoms. The summed E-state index contributed by atoms with van der Waals surface area (Å²) >= 11 is 6.30. The largest absolute Gasteiger partial charge is 0.493 e. The molecule has 0 atom stereocenters. The van der Waals surface area contributed by atoms with Gasteiger partial charge in [-0.15, -0.1) is 0 Å². The average Bonchev–Trinajstić information content (AvgIpc) is 3.13. The predicted molar refractivity (Wildman–Crippen MR) is 99.5 cm³/mol. The van der Waals surface area contributed by atoms with Crippen LogP contribution in [0.2, 0.25) is 5.02 Å². The molecule has 0 spiro atoms. The van der Waals surface area contributed by atoms with Crippen LogP contribution in [0.3, 0.4) is 0 Å². The maximum Gasteiger partial charge on any atom is 0.191 e. The number of hydrogen-bond acceptors (Lipinski definition) is 4. The van der Waals surface area contributed by atoms with Crippen LogP contribution in [0.1, 0.15) is 25.2 Å². The van der Waals surface area contributed by atoms with Crippen molar-refractivity contribution in [2.24, 2.45) is 4.99 Å². The van der Waals surface area contributed by atoms with Gasteiger partial charge in [-0.3, -0.25) is 0 Å². The Morgan fingerprint density at radius 2 is 2.12 bits per heavy atom. The number of nitrogens with zero attached hydrogens (tertiary/aromatic N) is 1. The molecule has 136 valence electrons. The Balaban J connectivity index is 2.09. The van der Waals surface area contributed by atoms with E-state index in [1.165, 1.54) is 0 Å². The normalized spacial score (nSPS) is 11.3. The van der Waals surface area contributed by atoms with Gasteiger partial charge < -0.3 is 24.5 Å². The monoisotopic (exact) mass is 365 g/mol. The number of guanidine groups is 1. The minimum Gasteiger partial charge on any atom is -0.493 e. The quantitative estimate of drug-likeness (QED) is 0.552. The highest BCUT2D eigenvalue weighted by molar-refractivity contribution is 6.32. The summed E-state index contributed by atoms with van der Waals surface area (Å²) in [6.07, 6.45) is 1.65. The van der Waals surface area contributed by atoms with E-state index in [1.807, 2.05) is 38.1 Å². The fourth-order valence-corrected chi connectivity index (χ4v) is 2.53. The zero-order chi connectivity index (χ0) is 18.1. The van der Waals surface area contributed by atoms with E-state index in [4.69, 9.17) is 25.5 Å². The maximum absolute atomic E-state index is 6.30. The summed E-state index contributed by atoms with van der Waals surface area (Å²) in [7, 11) is 1.59. The van der Waals surface area contributed by atoms with Gasteiger partial charge in [0, 0.05) is 6.54 Å². The van der Waals surface area contributed by atoms with E-state index >= 15 is 0 Å². The van der Waals surface area contributed by atoms with E-state index in [1.54, 1.807) is 13.4 Å². The van der Waals surface area contributed by atoms with Gasteiger partial charge in [0.1, 0.15) is 5.76 Å². The number of methoxy groups -OCH3 is 1. The van der Waals surface area contributed by atoms with Crippen LogP contribution in [0.15, 0.2) is 39.9 Å². The third-order valence-electron chi connectivity index (χ3n) is 3.35. The molecule has 0 unspecified atom stereocenters. The molecule has 0 amide bonds. The maximum atomic E-state index is 6.30. The lowest BCUT2D eigenvalue weighted by molar-refractivity contribution is 0.311. The van der Waals surface area contributed by atoms with Gasteiger partial charge in [-0.05, 0) is 43.7 Å². The number of ether oxygens (including phenoxy) is 2. The molecule has 1 aromatic heterocycles. The molecule has 0 saturated heterocycles. The third-order valence-corrected chi connectivity index (χ3v) is 3.63. The molecule has 7 heteroatoms. The molecule has 0 fully saturated rings. The Morgan fingerprint density at radius 3 is 2.76 bits per heavy atom. The van der Waals surface area contributed by atoms with Gasteiger partial charge in [-0.2, -0.15) is 0 Å². The number of halogens is 1. The van der Waals surface area contributed by atoms with E-state index < -0.39 is 0 Å². The first-order valence-electron chi connectivity index (χ1n) is 8.21. The first-order chi connectivity index (χ1) is 12.2. The number of nitrogens with one attached hydrogen (secondary N) is 2. The molecule has 2 rings (SSSR count). The summed E-state index contributed by atoms with van der Waals surface area (Å²) in [6.45, 7) is 6.22. The van der Waals surface area contributed by atoms with E-state index in [0.717, 1.165) is 17.9 Å². The van der Waals surface area contributed by atoms with Crippen LogP contribution < -0.4 is 20.1 Å². The van der Waals surface area contributed by atoms with Gasteiger partial charge in [0.15, 0.2) is 17.5 Å². The second kappa shape index (κ2) is 9.84. The number of benzene rings is 1. The summed E-state index contributed by atoms with van der Waals surface area (Å²) in [5.41, 5.74) is 0.931. The lowest BCUT2D eigenvalue weighted by atomic mass is 10.2.